The predicted molar refractivity (Wildman–Crippen MR) is 84.1 cm³/mol. The van der Waals surface area contributed by atoms with Crippen LogP contribution in [0.4, 0.5) is 11.5 Å². The molecule has 0 atom stereocenters. The summed E-state index contributed by atoms with van der Waals surface area (Å²) in [4.78, 5) is 4.60. The Hall–Kier alpha value is -2.06. The van der Waals surface area contributed by atoms with Crippen molar-refractivity contribution >= 4 is 37.8 Å². The number of rotatable bonds is 4. The van der Waals surface area contributed by atoms with Gasteiger partial charge >= 0.3 is 0 Å². The van der Waals surface area contributed by atoms with E-state index in [9.17, 15) is 8.42 Å². The molecule has 0 unspecified atom stereocenters. The van der Waals surface area contributed by atoms with Gasteiger partial charge in [0.05, 0.1) is 0 Å². The summed E-state index contributed by atoms with van der Waals surface area (Å²) >= 11 is 1.33. The van der Waals surface area contributed by atoms with Crippen LogP contribution in [-0.4, -0.2) is 17.8 Å². The third kappa shape index (κ3) is 2.47. The van der Waals surface area contributed by atoms with Crippen molar-refractivity contribution in [3.05, 3.63) is 41.4 Å². The van der Waals surface area contributed by atoms with E-state index in [1.165, 1.54) is 15.7 Å². The molecule has 0 aliphatic rings. The molecule has 0 aliphatic carbocycles. The number of nitrogens with two attached hydrogens (primary N) is 1. The van der Waals surface area contributed by atoms with Gasteiger partial charge in [-0.2, -0.15) is 8.42 Å². The Balaban J connectivity index is 1.99. The van der Waals surface area contributed by atoms with Crippen LogP contribution in [0.2, 0.25) is 0 Å². The topological polar surface area (TPSA) is 89.5 Å². The fraction of sp³-hybridized carbons (Fsp3) is 0.154. The molecule has 8 heteroatoms. The summed E-state index contributed by atoms with van der Waals surface area (Å²) < 4.78 is 29.0. The smallest absolute Gasteiger partial charge is 0.281 e. The van der Waals surface area contributed by atoms with Gasteiger partial charge in [-0.25, -0.2) is 4.98 Å². The quantitative estimate of drug-likeness (QED) is 0.771. The van der Waals surface area contributed by atoms with Crippen molar-refractivity contribution in [3.8, 4) is 0 Å². The Labute approximate surface area is 126 Å². The van der Waals surface area contributed by atoms with Crippen molar-refractivity contribution in [2.45, 2.75) is 18.4 Å². The van der Waals surface area contributed by atoms with Gasteiger partial charge in [0.1, 0.15) is 0 Å². The highest BCUT2D eigenvalue weighted by Crippen LogP contribution is 2.25. The van der Waals surface area contributed by atoms with E-state index in [1.54, 1.807) is 23.7 Å². The molecule has 0 aliphatic heterocycles. The number of nitrogen functional groups attached to an aromatic ring is 1. The molecule has 3 rings (SSSR count). The fourth-order valence-corrected chi connectivity index (χ4v) is 4.11. The summed E-state index contributed by atoms with van der Waals surface area (Å²) in [5.41, 5.74) is 7.38. The first-order chi connectivity index (χ1) is 10.0. The summed E-state index contributed by atoms with van der Waals surface area (Å²) in [6.45, 7) is 2.04. The average molecular weight is 322 g/mol. The molecule has 0 saturated carbocycles. The van der Waals surface area contributed by atoms with Gasteiger partial charge in [-0.15, -0.1) is 11.3 Å². The normalized spacial score (nSPS) is 11.9. The maximum absolute atomic E-state index is 12.5. The van der Waals surface area contributed by atoms with E-state index in [2.05, 4.69) is 9.71 Å². The molecule has 6 nitrogen and oxygen atoms in total. The zero-order chi connectivity index (χ0) is 15.0. The van der Waals surface area contributed by atoms with E-state index in [4.69, 9.17) is 5.73 Å². The molecule has 0 bridgehead atoms. The molecular formula is C13H14N4O2S2. The first-order valence-corrected chi connectivity index (χ1v) is 8.70. The lowest BCUT2D eigenvalue weighted by Gasteiger charge is -2.08. The monoisotopic (exact) mass is 322 g/mol. The van der Waals surface area contributed by atoms with Gasteiger partial charge in [-0.1, -0.05) is 19.1 Å². The van der Waals surface area contributed by atoms with E-state index in [0.717, 1.165) is 12.0 Å². The summed E-state index contributed by atoms with van der Waals surface area (Å²) in [7, 11) is -3.78. The van der Waals surface area contributed by atoms with Gasteiger partial charge in [0.25, 0.3) is 10.0 Å². The Kier molecular flexibility index (Phi) is 3.34. The Morgan fingerprint density at radius 2 is 2.05 bits per heavy atom. The molecule has 0 radical (unpaired) electrons. The highest BCUT2D eigenvalue weighted by Gasteiger charge is 2.24. The van der Waals surface area contributed by atoms with Crippen LogP contribution in [0.3, 0.4) is 0 Å². The molecule has 110 valence electrons. The highest BCUT2D eigenvalue weighted by molar-refractivity contribution is 7.92. The number of aromatic nitrogens is 2. The Bertz CT molecular complexity index is 879. The van der Waals surface area contributed by atoms with E-state index < -0.39 is 10.0 Å². The van der Waals surface area contributed by atoms with Crippen LogP contribution in [0.25, 0.3) is 4.96 Å². The minimum atomic E-state index is -3.78. The number of thiazole rings is 1. The molecule has 0 fully saturated rings. The van der Waals surface area contributed by atoms with E-state index in [0.29, 0.717) is 10.6 Å². The van der Waals surface area contributed by atoms with Gasteiger partial charge in [0.15, 0.2) is 10.8 Å². The zero-order valence-corrected chi connectivity index (χ0v) is 12.9. The molecular weight excluding hydrogens is 308 g/mol. The molecule has 2 heterocycles. The van der Waals surface area contributed by atoms with Crippen molar-refractivity contribution < 1.29 is 8.42 Å². The van der Waals surface area contributed by atoms with Crippen LogP contribution in [0.5, 0.6) is 0 Å². The van der Waals surface area contributed by atoms with Crippen LogP contribution in [0.15, 0.2) is 40.9 Å². The number of nitrogens with one attached hydrogen (secondary N) is 1. The lowest BCUT2D eigenvalue weighted by molar-refractivity contribution is 0.597. The molecule has 21 heavy (non-hydrogen) atoms. The lowest BCUT2D eigenvalue weighted by atomic mass is 10.2. The van der Waals surface area contributed by atoms with Crippen molar-refractivity contribution in [2.24, 2.45) is 0 Å². The summed E-state index contributed by atoms with van der Waals surface area (Å²) in [5, 5.41) is 1.73. The van der Waals surface area contributed by atoms with Gasteiger partial charge < -0.3 is 5.73 Å². The fourth-order valence-electron chi connectivity index (χ4n) is 2.06. The number of benzene rings is 1. The molecule has 3 N–H and O–H groups in total. The summed E-state index contributed by atoms with van der Waals surface area (Å²) in [6, 6.07) is 7.24. The summed E-state index contributed by atoms with van der Waals surface area (Å²) in [5.74, 6) is -0.000437. The van der Waals surface area contributed by atoms with Crippen molar-refractivity contribution in [2.75, 3.05) is 10.5 Å². The number of fused-ring (bicyclic) bond motifs is 1. The van der Waals surface area contributed by atoms with E-state index in [1.807, 2.05) is 19.1 Å². The number of sulfonamides is 1. The van der Waals surface area contributed by atoms with Gasteiger partial charge in [-0.3, -0.25) is 9.12 Å². The first-order valence-electron chi connectivity index (χ1n) is 6.34. The largest absolute Gasteiger partial charge is 0.381 e. The number of hydrogen-bond donors (Lipinski definition) is 2. The number of hydrogen-bond acceptors (Lipinski definition) is 5. The second-order valence-corrected chi connectivity index (χ2v) is 6.98. The maximum atomic E-state index is 12.5. The molecule has 0 saturated heterocycles. The molecule has 3 aromatic rings. The third-order valence-corrected chi connectivity index (χ3v) is 5.29. The SMILES string of the molecule is CCc1ccc(NS(=O)(=O)c2c(N)nc3sccn23)cc1. The highest BCUT2D eigenvalue weighted by atomic mass is 32.2. The second kappa shape index (κ2) is 5.05. The first kappa shape index (κ1) is 13.9. The minimum Gasteiger partial charge on any atom is -0.381 e. The van der Waals surface area contributed by atoms with Crippen LogP contribution in [-0.2, 0) is 16.4 Å². The number of anilines is 2. The van der Waals surface area contributed by atoms with Gasteiger partial charge in [-0.05, 0) is 24.1 Å². The average Bonchev–Trinajstić information content (AvgIpc) is 2.98. The number of imidazole rings is 1. The van der Waals surface area contributed by atoms with Crippen molar-refractivity contribution in [1.82, 2.24) is 9.38 Å². The predicted octanol–water partition coefficient (Wildman–Crippen LogP) is 2.34. The second-order valence-electron chi connectivity index (χ2n) is 4.51. The van der Waals surface area contributed by atoms with Crippen LogP contribution in [0.1, 0.15) is 12.5 Å². The molecule has 0 spiro atoms. The molecule has 1 aromatic carbocycles. The van der Waals surface area contributed by atoms with Crippen LogP contribution in [0, 0.1) is 0 Å². The van der Waals surface area contributed by atoms with Gasteiger partial charge in [0.2, 0.25) is 5.03 Å². The van der Waals surface area contributed by atoms with E-state index >= 15 is 0 Å². The zero-order valence-electron chi connectivity index (χ0n) is 11.3. The van der Waals surface area contributed by atoms with Crippen LogP contribution < -0.4 is 10.5 Å². The minimum absolute atomic E-state index is 0.000437. The number of nitrogens with zero attached hydrogens (tertiary/aromatic N) is 2. The van der Waals surface area contributed by atoms with Gasteiger partial charge in [0, 0.05) is 17.3 Å². The lowest BCUT2D eigenvalue weighted by Crippen LogP contribution is -2.16. The maximum Gasteiger partial charge on any atom is 0.281 e. The van der Waals surface area contributed by atoms with Crippen LogP contribution >= 0.6 is 11.3 Å². The Morgan fingerprint density at radius 1 is 1.33 bits per heavy atom. The standard InChI is InChI=1S/C13H14N4O2S2/c1-2-9-3-5-10(6-4-9)16-21(18,19)12-11(14)15-13-17(12)7-8-20-13/h3-8,16H,2,14H2,1H3. The molecule has 2 aromatic heterocycles. The van der Waals surface area contributed by atoms with E-state index in [-0.39, 0.29) is 10.8 Å². The van der Waals surface area contributed by atoms with Crippen molar-refractivity contribution in [1.29, 1.82) is 0 Å². The third-order valence-electron chi connectivity index (χ3n) is 3.11. The number of aryl methyl sites for hydroxylation is 1. The molecule has 0 amide bonds. The van der Waals surface area contributed by atoms with Crippen molar-refractivity contribution in [3.63, 3.8) is 0 Å². The summed E-state index contributed by atoms with van der Waals surface area (Å²) in [6.07, 6.45) is 2.54. The Morgan fingerprint density at radius 3 is 2.71 bits per heavy atom.